The van der Waals surface area contributed by atoms with Gasteiger partial charge in [-0.15, -0.1) is 5.10 Å². The second-order valence-corrected chi connectivity index (χ2v) is 8.93. The Bertz CT molecular complexity index is 1340. The van der Waals surface area contributed by atoms with Crippen LogP contribution in [0.3, 0.4) is 0 Å². The van der Waals surface area contributed by atoms with Crippen LogP contribution in [0.4, 0.5) is 0 Å². The van der Waals surface area contributed by atoms with E-state index in [0.29, 0.717) is 22.3 Å². The lowest BCUT2D eigenvalue weighted by atomic mass is 10.1. The largest absolute Gasteiger partial charge is 0.345 e. The number of piperazine rings is 1. The van der Waals surface area contributed by atoms with Crippen LogP contribution in [0.5, 0.6) is 0 Å². The first-order valence-electron chi connectivity index (χ1n) is 9.59. The summed E-state index contributed by atoms with van der Waals surface area (Å²) in [5, 5.41) is 11.7. The Morgan fingerprint density at radius 3 is 2.61 bits per heavy atom. The number of H-pyrrole nitrogens is 1. The molecular weight excluding hydrogens is 420 g/mol. The fourth-order valence-electron chi connectivity index (χ4n) is 3.71. The highest BCUT2D eigenvalue weighted by molar-refractivity contribution is 7.89. The smallest absolute Gasteiger partial charge is 0.256 e. The number of nitrogens with one attached hydrogen (secondary N) is 1. The predicted octanol–water partition coefficient (Wildman–Crippen LogP) is 0.685. The van der Waals surface area contributed by atoms with E-state index in [1.807, 2.05) is 0 Å². The Morgan fingerprint density at radius 2 is 1.84 bits per heavy atom. The van der Waals surface area contributed by atoms with Gasteiger partial charge in [0.2, 0.25) is 10.0 Å². The zero-order valence-electron chi connectivity index (χ0n) is 16.3. The third-order valence-electron chi connectivity index (χ3n) is 5.29. The summed E-state index contributed by atoms with van der Waals surface area (Å²) >= 11 is 0. The number of aromatic amines is 1. The van der Waals surface area contributed by atoms with E-state index < -0.39 is 10.0 Å². The fourth-order valence-corrected chi connectivity index (χ4v) is 5.28. The minimum atomic E-state index is -3.71. The van der Waals surface area contributed by atoms with Crippen molar-refractivity contribution in [2.24, 2.45) is 0 Å². The summed E-state index contributed by atoms with van der Waals surface area (Å²) in [6.45, 7) is 0.966. The van der Waals surface area contributed by atoms with Crippen molar-refractivity contribution in [2.75, 3.05) is 26.2 Å². The van der Waals surface area contributed by atoms with Crippen LogP contribution < -0.4 is 0 Å². The Kier molecular flexibility index (Phi) is 4.71. The number of carbonyl (C=O) groups is 1. The molecule has 4 aromatic rings. The van der Waals surface area contributed by atoms with Gasteiger partial charge in [-0.25, -0.2) is 13.4 Å². The molecule has 0 spiro atoms. The maximum Gasteiger partial charge on any atom is 0.256 e. The van der Waals surface area contributed by atoms with Gasteiger partial charge in [0.15, 0.2) is 0 Å². The lowest BCUT2D eigenvalue weighted by Gasteiger charge is -2.34. The molecule has 4 heterocycles. The van der Waals surface area contributed by atoms with Crippen LogP contribution in [-0.2, 0) is 10.0 Å². The van der Waals surface area contributed by atoms with Gasteiger partial charge in [-0.3, -0.25) is 4.79 Å². The molecule has 12 heteroatoms. The Hall–Kier alpha value is -3.64. The molecule has 1 fully saturated rings. The van der Waals surface area contributed by atoms with E-state index in [-0.39, 0.29) is 37.0 Å². The van der Waals surface area contributed by atoms with Crippen molar-refractivity contribution < 1.29 is 13.2 Å². The number of hydrogen-bond donors (Lipinski definition) is 1. The van der Waals surface area contributed by atoms with E-state index in [4.69, 9.17) is 0 Å². The summed E-state index contributed by atoms with van der Waals surface area (Å²) < 4.78 is 29.2. The number of aromatic nitrogens is 6. The van der Waals surface area contributed by atoms with E-state index in [0.717, 1.165) is 0 Å². The molecule has 0 atom stereocenters. The lowest BCUT2D eigenvalue weighted by molar-refractivity contribution is 0.0697. The molecule has 5 rings (SSSR count). The maximum absolute atomic E-state index is 13.2. The van der Waals surface area contributed by atoms with Gasteiger partial charge in [0.25, 0.3) is 5.91 Å². The van der Waals surface area contributed by atoms with Crippen molar-refractivity contribution in [3.05, 3.63) is 60.7 Å². The second-order valence-electron chi connectivity index (χ2n) is 7.02. The number of fused-ring (bicyclic) bond motifs is 1. The number of carbonyl (C=O) groups excluding carboxylic acids is 1. The molecule has 0 aliphatic carbocycles. The molecule has 1 amide bonds. The number of tetrazole rings is 1. The SMILES string of the molecule is O=C(c1ccccc1-n1cnnn1)N1CCN(S(=O)(=O)c2c[nH]c3ncccc23)CC1. The van der Waals surface area contributed by atoms with Crippen LogP contribution in [-0.4, -0.2) is 79.9 Å². The highest BCUT2D eigenvalue weighted by atomic mass is 32.2. The molecule has 0 unspecified atom stereocenters. The van der Waals surface area contributed by atoms with Gasteiger partial charge in [-0.05, 0) is 34.7 Å². The molecule has 1 aliphatic heterocycles. The van der Waals surface area contributed by atoms with Gasteiger partial charge in [0, 0.05) is 44.0 Å². The molecule has 1 N–H and O–H groups in total. The number of pyridine rings is 1. The number of para-hydroxylation sites is 1. The molecule has 158 valence electrons. The van der Waals surface area contributed by atoms with Crippen LogP contribution in [0.25, 0.3) is 16.7 Å². The molecular formula is C19H18N8O3S. The van der Waals surface area contributed by atoms with Crippen LogP contribution in [0.2, 0.25) is 0 Å². The summed E-state index contributed by atoms with van der Waals surface area (Å²) in [5.41, 5.74) is 1.54. The van der Waals surface area contributed by atoms with Crippen LogP contribution in [0.1, 0.15) is 10.4 Å². The molecule has 1 aliphatic rings. The quantitative estimate of drug-likeness (QED) is 0.496. The first-order chi connectivity index (χ1) is 15.1. The van der Waals surface area contributed by atoms with E-state index in [9.17, 15) is 13.2 Å². The zero-order valence-corrected chi connectivity index (χ0v) is 17.1. The third-order valence-corrected chi connectivity index (χ3v) is 7.23. The van der Waals surface area contributed by atoms with Gasteiger partial charge in [0.1, 0.15) is 16.9 Å². The minimum Gasteiger partial charge on any atom is -0.345 e. The summed E-state index contributed by atoms with van der Waals surface area (Å²) in [4.78, 5) is 22.0. The van der Waals surface area contributed by atoms with Crippen molar-refractivity contribution in [2.45, 2.75) is 4.90 Å². The molecule has 0 radical (unpaired) electrons. The second kappa shape index (κ2) is 7.56. The number of hydrogen-bond acceptors (Lipinski definition) is 7. The molecule has 0 saturated carbocycles. The topological polar surface area (TPSA) is 130 Å². The average molecular weight is 438 g/mol. The predicted molar refractivity (Wildman–Crippen MR) is 110 cm³/mol. The summed E-state index contributed by atoms with van der Waals surface area (Å²) in [5.74, 6) is -0.195. The molecule has 11 nitrogen and oxygen atoms in total. The molecule has 1 aromatic carbocycles. The summed E-state index contributed by atoms with van der Waals surface area (Å²) in [6.07, 6.45) is 4.49. The van der Waals surface area contributed by atoms with E-state index >= 15 is 0 Å². The lowest BCUT2D eigenvalue weighted by Crippen LogP contribution is -2.50. The number of nitrogens with zero attached hydrogens (tertiary/aromatic N) is 7. The summed E-state index contributed by atoms with van der Waals surface area (Å²) in [6, 6.07) is 10.5. The maximum atomic E-state index is 13.2. The summed E-state index contributed by atoms with van der Waals surface area (Å²) in [7, 11) is -3.71. The number of benzene rings is 1. The molecule has 3 aromatic heterocycles. The van der Waals surface area contributed by atoms with Crippen molar-refractivity contribution in [3.8, 4) is 5.69 Å². The van der Waals surface area contributed by atoms with Gasteiger partial charge < -0.3 is 9.88 Å². The average Bonchev–Trinajstić information content (AvgIpc) is 3.49. The van der Waals surface area contributed by atoms with Crippen molar-refractivity contribution in [1.82, 2.24) is 39.4 Å². The number of sulfonamides is 1. The Labute approximate surface area is 177 Å². The van der Waals surface area contributed by atoms with Crippen molar-refractivity contribution in [3.63, 3.8) is 0 Å². The third kappa shape index (κ3) is 3.35. The molecule has 0 bridgehead atoms. The van der Waals surface area contributed by atoms with Crippen molar-refractivity contribution in [1.29, 1.82) is 0 Å². The number of rotatable bonds is 4. The highest BCUT2D eigenvalue weighted by Crippen LogP contribution is 2.25. The minimum absolute atomic E-state index is 0.194. The van der Waals surface area contributed by atoms with E-state index in [1.165, 1.54) is 21.5 Å². The molecule has 31 heavy (non-hydrogen) atoms. The van der Waals surface area contributed by atoms with Crippen LogP contribution >= 0.6 is 0 Å². The van der Waals surface area contributed by atoms with Gasteiger partial charge in [-0.2, -0.15) is 8.99 Å². The Balaban J connectivity index is 1.35. The first-order valence-corrected chi connectivity index (χ1v) is 11.0. The van der Waals surface area contributed by atoms with Gasteiger partial charge in [0.05, 0.1) is 11.3 Å². The fraction of sp³-hybridized carbons (Fsp3) is 0.211. The van der Waals surface area contributed by atoms with Crippen LogP contribution in [0.15, 0.2) is 60.0 Å². The zero-order chi connectivity index (χ0) is 21.4. The van der Waals surface area contributed by atoms with Crippen molar-refractivity contribution >= 4 is 27.0 Å². The van der Waals surface area contributed by atoms with E-state index in [2.05, 4.69) is 25.5 Å². The first kappa shape index (κ1) is 19.3. The Morgan fingerprint density at radius 1 is 1.03 bits per heavy atom. The monoisotopic (exact) mass is 438 g/mol. The highest BCUT2D eigenvalue weighted by Gasteiger charge is 2.32. The normalized spacial score (nSPS) is 15.4. The van der Waals surface area contributed by atoms with E-state index in [1.54, 1.807) is 47.5 Å². The van der Waals surface area contributed by atoms with Gasteiger partial charge >= 0.3 is 0 Å². The van der Waals surface area contributed by atoms with Gasteiger partial charge in [-0.1, -0.05) is 12.1 Å². The molecule has 1 saturated heterocycles. The van der Waals surface area contributed by atoms with Crippen LogP contribution in [0, 0.1) is 0 Å². The number of amides is 1. The standard InChI is InChI=1S/C19H18N8O3S/c28-19(14-4-1-2-6-16(14)27-13-22-23-24-27)25-8-10-26(11-9-25)31(29,30)17-12-21-18-15(17)5-3-7-20-18/h1-7,12-13H,8-11H2,(H,20,21).